The van der Waals surface area contributed by atoms with Crippen molar-refractivity contribution in [2.45, 2.75) is 6.92 Å². The Bertz CT molecular complexity index is 578. The minimum Gasteiger partial charge on any atom is -0.542 e. The van der Waals surface area contributed by atoms with Gasteiger partial charge in [0.05, 0.1) is 0 Å². The predicted molar refractivity (Wildman–Crippen MR) is 96.5 cm³/mol. The van der Waals surface area contributed by atoms with Gasteiger partial charge in [-0.25, -0.2) is 0 Å². The monoisotopic (exact) mass is 411 g/mol. The van der Waals surface area contributed by atoms with Crippen LogP contribution in [-0.4, -0.2) is 6.29 Å². The molecule has 0 unspecified atom stereocenters. The van der Waals surface area contributed by atoms with Crippen LogP contribution in [0.4, 0.5) is 0 Å². The zero-order valence-corrected chi connectivity index (χ0v) is 15.3. The SMILES string of the molecule is C[C-]=O.[Pd].c1ccc(P(c2ccccc2)c2ccccc2)cc1. The molecule has 3 aromatic carbocycles. The molecule has 0 aromatic heterocycles. The summed E-state index contributed by atoms with van der Waals surface area (Å²) in [4.78, 5) is 8.68. The van der Waals surface area contributed by atoms with Crippen LogP contribution >= 0.6 is 7.92 Å². The van der Waals surface area contributed by atoms with Crippen LogP contribution in [-0.2, 0) is 25.2 Å². The summed E-state index contributed by atoms with van der Waals surface area (Å²) < 4.78 is 0. The molecule has 0 atom stereocenters. The molecule has 120 valence electrons. The third-order valence-electron chi connectivity index (χ3n) is 3.04. The van der Waals surface area contributed by atoms with E-state index in [1.165, 1.54) is 29.1 Å². The Morgan fingerprint density at radius 1 is 0.609 bits per heavy atom. The second-order valence-corrected chi connectivity index (χ2v) is 6.77. The standard InChI is InChI=1S/C18H15P.C2H3O.Pd/c1-4-10-16(11-5-1)19(17-12-6-2-7-13-17)18-14-8-3-9-15-18;1-2-3;/h1-15H;1H3;/q;-1;. The van der Waals surface area contributed by atoms with E-state index in [4.69, 9.17) is 4.79 Å². The molecule has 0 N–H and O–H groups in total. The number of carbonyl (C=O) groups excluding carboxylic acids is 1. The first-order chi connectivity index (χ1) is 10.9. The molecule has 0 aliphatic heterocycles. The first-order valence-corrected chi connectivity index (χ1v) is 8.45. The molecule has 0 radical (unpaired) electrons. The topological polar surface area (TPSA) is 17.1 Å². The number of hydrogen-bond donors (Lipinski definition) is 0. The maximum absolute atomic E-state index is 8.68. The number of benzene rings is 3. The Morgan fingerprint density at radius 2 is 0.826 bits per heavy atom. The van der Waals surface area contributed by atoms with Gasteiger partial charge in [-0.15, -0.1) is 0 Å². The van der Waals surface area contributed by atoms with E-state index in [1.807, 2.05) is 0 Å². The molecule has 0 bridgehead atoms. The minimum absolute atomic E-state index is 0. The quantitative estimate of drug-likeness (QED) is 0.366. The molecule has 1 nitrogen and oxygen atoms in total. The van der Waals surface area contributed by atoms with Gasteiger partial charge in [0.2, 0.25) is 0 Å². The van der Waals surface area contributed by atoms with Gasteiger partial charge in [0, 0.05) is 20.4 Å². The summed E-state index contributed by atoms with van der Waals surface area (Å²) in [5.41, 5.74) is 0. The third-order valence-corrected chi connectivity index (χ3v) is 5.49. The van der Waals surface area contributed by atoms with Crippen molar-refractivity contribution in [2.75, 3.05) is 0 Å². The Hall–Kier alpha value is -1.58. The zero-order valence-electron chi connectivity index (χ0n) is 12.8. The zero-order chi connectivity index (χ0) is 15.6. The molecule has 0 spiro atoms. The van der Waals surface area contributed by atoms with Gasteiger partial charge < -0.3 is 4.79 Å². The van der Waals surface area contributed by atoms with Crippen molar-refractivity contribution < 1.29 is 25.2 Å². The number of hydrogen-bond acceptors (Lipinski definition) is 1. The summed E-state index contributed by atoms with van der Waals surface area (Å²) in [6.07, 6.45) is 1.50. The van der Waals surface area contributed by atoms with Crippen molar-refractivity contribution >= 4 is 30.1 Å². The van der Waals surface area contributed by atoms with Gasteiger partial charge in [0.25, 0.3) is 0 Å². The van der Waals surface area contributed by atoms with Crippen LogP contribution in [0.3, 0.4) is 0 Å². The Balaban J connectivity index is 0.000000615. The summed E-state index contributed by atoms with van der Waals surface area (Å²) in [5, 5.41) is 4.19. The molecule has 0 aliphatic rings. The van der Waals surface area contributed by atoms with E-state index in [9.17, 15) is 0 Å². The Labute approximate surface area is 153 Å². The fraction of sp³-hybridized carbons (Fsp3) is 0.0500. The molecular formula is C20H18OPPd-. The average Bonchev–Trinajstić information content (AvgIpc) is 2.59. The van der Waals surface area contributed by atoms with Crippen molar-refractivity contribution in [3.05, 3.63) is 91.0 Å². The molecular weight excluding hydrogens is 394 g/mol. The maximum atomic E-state index is 8.68. The van der Waals surface area contributed by atoms with Crippen molar-refractivity contribution in [3.8, 4) is 0 Å². The van der Waals surface area contributed by atoms with E-state index >= 15 is 0 Å². The predicted octanol–water partition coefficient (Wildman–Crippen LogP) is 3.56. The second kappa shape index (κ2) is 11.0. The largest absolute Gasteiger partial charge is 0.542 e. The first kappa shape index (κ1) is 19.5. The van der Waals surface area contributed by atoms with Gasteiger partial charge in [-0.3, -0.25) is 6.29 Å². The minimum atomic E-state index is -0.446. The molecule has 0 amide bonds. The molecule has 0 saturated heterocycles. The Morgan fingerprint density at radius 3 is 1.04 bits per heavy atom. The second-order valence-electron chi connectivity index (χ2n) is 4.55. The van der Waals surface area contributed by atoms with Crippen LogP contribution < -0.4 is 15.9 Å². The summed E-state index contributed by atoms with van der Waals surface area (Å²) >= 11 is 0. The van der Waals surface area contributed by atoms with Crippen LogP contribution in [0.15, 0.2) is 91.0 Å². The van der Waals surface area contributed by atoms with Crippen molar-refractivity contribution in [1.82, 2.24) is 0 Å². The molecule has 3 aromatic rings. The van der Waals surface area contributed by atoms with Crippen LogP contribution in [0.25, 0.3) is 0 Å². The van der Waals surface area contributed by atoms with Gasteiger partial charge in [-0.1, -0.05) is 91.0 Å². The van der Waals surface area contributed by atoms with Crippen LogP contribution in [0.5, 0.6) is 0 Å². The Kier molecular flexibility index (Phi) is 9.34. The summed E-state index contributed by atoms with van der Waals surface area (Å²) in [6.45, 7) is 1.32. The van der Waals surface area contributed by atoms with E-state index in [0.717, 1.165) is 0 Å². The molecule has 0 aliphatic carbocycles. The van der Waals surface area contributed by atoms with E-state index < -0.39 is 7.92 Å². The van der Waals surface area contributed by atoms with Gasteiger partial charge in [0.15, 0.2) is 0 Å². The molecule has 0 saturated carbocycles. The summed E-state index contributed by atoms with van der Waals surface area (Å²) in [7, 11) is -0.446. The smallest absolute Gasteiger partial charge is 0 e. The molecule has 0 heterocycles. The normalized spacial score (nSPS) is 9.30. The van der Waals surface area contributed by atoms with Gasteiger partial charge in [0.1, 0.15) is 0 Å². The first-order valence-electron chi connectivity index (χ1n) is 7.11. The molecule has 23 heavy (non-hydrogen) atoms. The van der Waals surface area contributed by atoms with E-state index in [1.54, 1.807) is 0 Å². The molecule has 0 fully saturated rings. The van der Waals surface area contributed by atoms with Crippen molar-refractivity contribution in [3.63, 3.8) is 0 Å². The van der Waals surface area contributed by atoms with Crippen molar-refractivity contribution in [2.24, 2.45) is 0 Å². The summed E-state index contributed by atoms with van der Waals surface area (Å²) in [6, 6.07) is 32.3. The fourth-order valence-electron chi connectivity index (χ4n) is 2.18. The van der Waals surface area contributed by atoms with E-state index in [2.05, 4.69) is 91.0 Å². The third kappa shape index (κ3) is 5.85. The van der Waals surface area contributed by atoms with Crippen molar-refractivity contribution in [1.29, 1.82) is 0 Å². The fourth-order valence-corrected chi connectivity index (χ4v) is 4.48. The molecule has 3 heteroatoms. The van der Waals surface area contributed by atoms with Gasteiger partial charge in [-0.05, 0) is 23.8 Å². The van der Waals surface area contributed by atoms with Gasteiger partial charge >= 0.3 is 0 Å². The van der Waals surface area contributed by atoms with E-state index in [-0.39, 0.29) is 20.4 Å². The molecule has 3 rings (SSSR count). The maximum Gasteiger partial charge on any atom is 0 e. The van der Waals surface area contributed by atoms with E-state index in [0.29, 0.717) is 0 Å². The summed E-state index contributed by atoms with van der Waals surface area (Å²) in [5.74, 6) is 0. The average molecular weight is 412 g/mol. The van der Waals surface area contributed by atoms with Crippen LogP contribution in [0, 0.1) is 0 Å². The van der Waals surface area contributed by atoms with Crippen LogP contribution in [0.1, 0.15) is 6.92 Å². The number of rotatable bonds is 3. The van der Waals surface area contributed by atoms with Gasteiger partial charge in [-0.2, -0.15) is 6.92 Å². The van der Waals surface area contributed by atoms with Crippen LogP contribution in [0.2, 0.25) is 0 Å².